The first kappa shape index (κ1) is 20.0. The second kappa shape index (κ2) is 7.70. The molecule has 4 rings (SSSR count). The summed E-state index contributed by atoms with van der Waals surface area (Å²) in [5.41, 5.74) is 8.23. The van der Waals surface area contributed by atoms with Crippen LogP contribution < -0.4 is 10.5 Å². The molecule has 0 unspecified atom stereocenters. The van der Waals surface area contributed by atoms with Gasteiger partial charge in [-0.2, -0.15) is 0 Å². The fraction of sp³-hybridized carbons (Fsp3) is 0.0909. The Morgan fingerprint density at radius 3 is 1.75 bits per heavy atom. The maximum absolute atomic E-state index is 12.4. The first-order chi connectivity index (χ1) is 12.9. The van der Waals surface area contributed by atoms with Gasteiger partial charge in [-0.3, -0.25) is 0 Å². The SMILES string of the molecule is Cl.N[C@@H](c1ccc(OC(F)(F)F)cc1)c1c2ccccc2cc2ccccc12. The zero-order valence-electron chi connectivity index (χ0n) is 14.6. The van der Waals surface area contributed by atoms with Crippen LogP contribution in [0.1, 0.15) is 17.2 Å². The molecule has 0 amide bonds. The molecule has 1 atom stereocenters. The van der Waals surface area contributed by atoms with Crippen LogP contribution in [0.25, 0.3) is 21.5 Å². The highest BCUT2D eigenvalue weighted by Gasteiger charge is 2.31. The van der Waals surface area contributed by atoms with E-state index >= 15 is 0 Å². The van der Waals surface area contributed by atoms with E-state index in [-0.39, 0.29) is 18.2 Å². The molecule has 0 aliphatic heterocycles. The molecule has 144 valence electrons. The molecular formula is C22H17ClF3NO. The molecule has 6 heteroatoms. The number of hydrogen-bond donors (Lipinski definition) is 1. The molecule has 0 spiro atoms. The van der Waals surface area contributed by atoms with Crippen molar-refractivity contribution in [3.8, 4) is 5.75 Å². The lowest BCUT2D eigenvalue weighted by atomic mass is 9.89. The zero-order chi connectivity index (χ0) is 19.0. The molecule has 0 heterocycles. The van der Waals surface area contributed by atoms with E-state index in [1.54, 1.807) is 12.1 Å². The number of ether oxygens (including phenoxy) is 1. The Hall–Kier alpha value is -2.76. The van der Waals surface area contributed by atoms with Gasteiger partial charge in [0.15, 0.2) is 0 Å². The predicted molar refractivity (Wildman–Crippen MR) is 108 cm³/mol. The highest BCUT2D eigenvalue weighted by Crippen LogP contribution is 2.35. The maximum atomic E-state index is 12.4. The first-order valence-electron chi connectivity index (χ1n) is 8.44. The average Bonchev–Trinajstić information content (AvgIpc) is 2.65. The lowest BCUT2D eigenvalue weighted by Crippen LogP contribution is -2.17. The first-order valence-corrected chi connectivity index (χ1v) is 8.44. The third-order valence-corrected chi connectivity index (χ3v) is 4.60. The summed E-state index contributed by atoms with van der Waals surface area (Å²) in [6, 6.07) is 23.3. The van der Waals surface area contributed by atoms with E-state index in [1.807, 2.05) is 48.5 Å². The Morgan fingerprint density at radius 1 is 0.750 bits per heavy atom. The summed E-state index contributed by atoms with van der Waals surface area (Å²) in [5.74, 6) is -0.263. The summed E-state index contributed by atoms with van der Waals surface area (Å²) in [6.45, 7) is 0. The number of rotatable bonds is 3. The molecule has 0 saturated carbocycles. The summed E-state index contributed by atoms with van der Waals surface area (Å²) >= 11 is 0. The van der Waals surface area contributed by atoms with Crippen LogP contribution >= 0.6 is 12.4 Å². The van der Waals surface area contributed by atoms with Gasteiger partial charge in [0.2, 0.25) is 0 Å². The Morgan fingerprint density at radius 2 is 1.25 bits per heavy atom. The van der Waals surface area contributed by atoms with Gasteiger partial charge in [0.1, 0.15) is 5.75 Å². The fourth-order valence-electron chi connectivity index (χ4n) is 3.43. The van der Waals surface area contributed by atoms with Crippen molar-refractivity contribution in [1.29, 1.82) is 0 Å². The van der Waals surface area contributed by atoms with Gasteiger partial charge in [-0.25, -0.2) is 0 Å². The Labute approximate surface area is 166 Å². The third-order valence-electron chi connectivity index (χ3n) is 4.60. The third kappa shape index (κ3) is 3.91. The van der Waals surface area contributed by atoms with Crippen molar-refractivity contribution < 1.29 is 17.9 Å². The van der Waals surface area contributed by atoms with Crippen LogP contribution in [-0.2, 0) is 0 Å². The number of halogens is 4. The van der Waals surface area contributed by atoms with Gasteiger partial charge in [-0.15, -0.1) is 25.6 Å². The van der Waals surface area contributed by atoms with Crippen LogP contribution in [0.4, 0.5) is 13.2 Å². The zero-order valence-corrected chi connectivity index (χ0v) is 15.4. The smallest absolute Gasteiger partial charge is 0.406 e. The van der Waals surface area contributed by atoms with E-state index in [0.29, 0.717) is 5.56 Å². The second-order valence-corrected chi connectivity index (χ2v) is 6.33. The molecular weight excluding hydrogens is 387 g/mol. The second-order valence-electron chi connectivity index (χ2n) is 6.33. The fourth-order valence-corrected chi connectivity index (χ4v) is 3.43. The Balaban J connectivity index is 0.00000225. The van der Waals surface area contributed by atoms with E-state index in [2.05, 4.69) is 10.8 Å². The summed E-state index contributed by atoms with van der Waals surface area (Å²) in [6.07, 6.45) is -4.71. The van der Waals surface area contributed by atoms with E-state index in [0.717, 1.165) is 27.1 Å². The molecule has 0 aliphatic carbocycles. The number of nitrogens with two attached hydrogens (primary N) is 1. The van der Waals surface area contributed by atoms with Crippen molar-refractivity contribution in [1.82, 2.24) is 0 Å². The molecule has 0 radical (unpaired) electrons. The summed E-state index contributed by atoms with van der Waals surface area (Å²) in [4.78, 5) is 0. The molecule has 2 N–H and O–H groups in total. The van der Waals surface area contributed by atoms with Crippen LogP contribution in [0.3, 0.4) is 0 Å². The summed E-state index contributed by atoms with van der Waals surface area (Å²) in [7, 11) is 0. The minimum absolute atomic E-state index is 0. The van der Waals surface area contributed by atoms with Crippen molar-refractivity contribution in [2.45, 2.75) is 12.4 Å². The van der Waals surface area contributed by atoms with E-state index in [4.69, 9.17) is 5.73 Å². The molecule has 4 aromatic rings. The minimum atomic E-state index is -4.71. The lowest BCUT2D eigenvalue weighted by Gasteiger charge is -2.19. The highest BCUT2D eigenvalue weighted by molar-refractivity contribution is 6.03. The van der Waals surface area contributed by atoms with Crippen molar-refractivity contribution in [2.75, 3.05) is 0 Å². The number of benzene rings is 4. The van der Waals surface area contributed by atoms with E-state index < -0.39 is 12.4 Å². The van der Waals surface area contributed by atoms with Gasteiger partial charge in [-0.1, -0.05) is 60.7 Å². The number of fused-ring (bicyclic) bond motifs is 2. The van der Waals surface area contributed by atoms with E-state index in [1.165, 1.54) is 12.1 Å². The Bertz CT molecular complexity index is 1060. The molecule has 0 bridgehead atoms. The monoisotopic (exact) mass is 403 g/mol. The van der Waals surface area contributed by atoms with Crippen molar-refractivity contribution in [3.63, 3.8) is 0 Å². The van der Waals surface area contributed by atoms with Gasteiger partial charge in [0, 0.05) is 0 Å². The molecule has 0 saturated heterocycles. The van der Waals surface area contributed by atoms with Crippen LogP contribution in [0, 0.1) is 0 Å². The van der Waals surface area contributed by atoms with Gasteiger partial charge in [0.05, 0.1) is 6.04 Å². The number of alkyl halides is 3. The van der Waals surface area contributed by atoms with Crippen molar-refractivity contribution in [2.24, 2.45) is 5.73 Å². The van der Waals surface area contributed by atoms with Crippen LogP contribution in [0.5, 0.6) is 5.75 Å². The predicted octanol–water partition coefficient (Wildman–Crippen LogP) is 6.36. The molecule has 0 aliphatic rings. The summed E-state index contributed by atoms with van der Waals surface area (Å²) in [5, 5.41) is 4.19. The number of hydrogen-bond acceptors (Lipinski definition) is 2. The molecule has 2 nitrogen and oxygen atoms in total. The van der Waals surface area contributed by atoms with Gasteiger partial charge in [-0.05, 0) is 50.9 Å². The lowest BCUT2D eigenvalue weighted by molar-refractivity contribution is -0.274. The molecule has 28 heavy (non-hydrogen) atoms. The normalized spacial score (nSPS) is 12.6. The molecule has 4 aromatic carbocycles. The van der Waals surface area contributed by atoms with Gasteiger partial charge < -0.3 is 10.5 Å². The molecule has 0 aromatic heterocycles. The van der Waals surface area contributed by atoms with Crippen LogP contribution in [0.2, 0.25) is 0 Å². The topological polar surface area (TPSA) is 35.2 Å². The average molecular weight is 404 g/mol. The van der Waals surface area contributed by atoms with Crippen molar-refractivity contribution in [3.05, 3.63) is 90.0 Å². The standard InChI is InChI=1S/C22H16F3NO.ClH/c23-22(24,25)27-17-11-9-14(10-12-17)21(26)20-18-7-3-1-5-15(18)13-16-6-2-4-8-19(16)20;/h1-13,21H,26H2;1H/t21-;/m0./s1. The van der Waals surface area contributed by atoms with Crippen LogP contribution in [-0.4, -0.2) is 6.36 Å². The van der Waals surface area contributed by atoms with Crippen LogP contribution in [0.15, 0.2) is 78.9 Å². The van der Waals surface area contributed by atoms with Gasteiger partial charge in [0.25, 0.3) is 0 Å². The molecule has 0 fully saturated rings. The summed E-state index contributed by atoms with van der Waals surface area (Å²) < 4.78 is 41.0. The quantitative estimate of drug-likeness (QED) is 0.404. The van der Waals surface area contributed by atoms with Crippen molar-refractivity contribution >= 4 is 34.0 Å². The highest BCUT2D eigenvalue weighted by atomic mass is 35.5. The van der Waals surface area contributed by atoms with E-state index in [9.17, 15) is 13.2 Å². The van der Waals surface area contributed by atoms with Gasteiger partial charge >= 0.3 is 6.36 Å². The minimum Gasteiger partial charge on any atom is -0.406 e. The maximum Gasteiger partial charge on any atom is 0.573 e. The largest absolute Gasteiger partial charge is 0.573 e. The Kier molecular flexibility index (Phi) is 5.49.